The third-order valence-electron chi connectivity index (χ3n) is 3.13. The number of amides is 1. The maximum Gasteiger partial charge on any atom is 0.233 e. The SMILES string of the molecule is Cc1cccc(C(C)(C(N)=O)c2ccn[nH]2)c1. The van der Waals surface area contributed by atoms with Crippen LogP contribution in [0.2, 0.25) is 0 Å². The van der Waals surface area contributed by atoms with E-state index in [0.29, 0.717) is 5.69 Å². The number of hydrogen-bond acceptors (Lipinski definition) is 2. The number of primary amides is 1. The highest BCUT2D eigenvalue weighted by Gasteiger charge is 2.36. The van der Waals surface area contributed by atoms with Gasteiger partial charge in [0, 0.05) is 6.20 Å². The van der Waals surface area contributed by atoms with E-state index < -0.39 is 11.3 Å². The average Bonchev–Trinajstić information content (AvgIpc) is 2.81. The summed E-state index contributed by atoms with van der Waals surface area (Å²) >= 11 is 0. The van der Waals surface area contributed by atoms with Crippen LogP contribution in [0.3, 0.4) is 0 Å². The molecule has 1 aromatic heterocycles. The fourth-order valence-corrected chi connectivity index (χ4v) is 1.92. The molecule has 0 radical (unpaired) electrons. The summed E-state index contributed by atoms with van der Waals surface area (Å²) in [7, 11) is 0. The van der Waals surface area contributed by atoms with Gasteiger partial charge in [-0.3, -0.25) is 9.89 Å². The van der Waals surface area contributed by atoms with Gasteiger partial charge in [-0.25, -0.2) is 0 Å². The highest BCUT2D eigenvalue weighted by Crippen LogP contribution is 2.30. The van der Waals surface area contributed by atoms with Gasteiger partial charge in [0.1, 0.15) is 5.41 Å². The van der Waals surface area contributed by atoms with Gasteiger partial charge in [-0.2, -0.15) is 5.10 Å². The van der Waals surface area contributed by atoms with Crippen LogP contribution in [0, 0.1) is 6.92 Å². The second-order valence-corrected chi connectivity index (χ2v) is 4.33. The minimum Gasteiger partial charge on any atom is -0.369 e. The molecule has 0 spiro atoms. The van der Waals surface area contributed by atoms with E-state index in [9.17, 15) is 4.79 Å². The fraction of sp³-hybridized carbons (Fsp3) is 0.231. The van der Waals surface area contributed by atoms with E-state index in [1.807, 2.05) is 31.2 Å². The molecule has 1 aromatic carbocycles. The third kappa shape index (κ3) is 1.82. The molecule has 17 heavy (non-hydrogen) atoms. The number of nitrogens with zero attached hydrogens (tertiary/aromatic N) is 1. The quantitative estimate of drug-likeness (QED) is 0.837. The number of carbonyl (C=O) groups excluding carboxylic acids is 1. The molecule has 1 atom stereocenters. The van der Waals surface area contributed by atoms with Gasteiger partial charge in [-0.15, -0.1) is 0 Å². The van der Waals surface area contributed by atoms with Crippen molar-refractivity contribution < 1.29 is 4.79 Å². The van der Waals surface area contributed by atoms with Gasteiger partial charge in [-0.05, 0) is 25.5 Å². The van der Waals surface area contributed by atoms with Crippen molar-refractivity contribution in [1.82, 2.24) is 10.2 Å². The van der Waals surface area contributed by atoms with E-state index in [1.54, 1.807) is 19.2 Å². The number of nitrogens with one attached hydrogen (secondary N) is 1. The van der Waals surface area contributed by atoms with Crippen molar-refractivity contribution in [3.05, 3.63) is 53.3 Å². The van der Waals surface area contributed by atoms with Gasteiger partial charge in [0.2, 0.25) is 5.91 Å². The van der Waals surface area contributed by atoms with Crippen LogP contribution < -0.4 is 5.73 Å². The lowest BCUT2D eigenvalue weighted by atomic mass is 9.78. The molecule has 1 amide bonds. The third-order valence-corrected chi connectivity index (χ3v) is 3.13. The second kappa shape index (κ2) is 4.05. The number of carbonyl (C=O) groups is 1. The van der Waals surface area contributed by atoms with Crippen LogP contribution in [0.1, 0.15) is 23.7 Å². The average molecular weight is 229 g/mol. The molecule has 3 N–H and O–H groups in total. The largest absolute Gasteiger partial charge is 0.369 e. The van der Waals surface area contributed by atoms with Gasteiger partial charge < -0.3 is 5.73 Å². The zero-order valence-electron chi connectivity index (χ0n) is 9.90. The maximum atomic E-state index is 11.8. The molecule has 4 heteroatoms. The molecule has 2 aromatic rings. The standard InChI is InChI=1S/C13H15N3O/c1-9-4-3-5-10(8-9)13(2,12(14)17)11-6-7-15-16-11/h3-8H,1-2H3,(H2,14,17)(H,15,16). The van der Waals surface area contributed by atoms with Crippen LogP contribution in [0.15, 0.2) is 36.5 Å². The van der Waals surface area contributed by atoms with Crippen LogP contribution >= 0.6 is 0 Å². The van der Waals surface area contributed by atoms with Crippen LogP contribution in [-0.2, 0) is 10.2 Å². The Bertz CT molecular complexity index is 533. The van der Waals surface area contributed by atoms with Crippen molar-refractivity contribution in [3.63, 3.8) is 0 Å². The monoisotopic (exact) mass is 229 g/mol. The Morgan fingerprint density at radius 3 is 2.71 bits per heavy atom. The van der Waals surface area contributed by atoms with Gasteiger partial charge >= 0.3 is 0 Å². The minimum atomic E-state index is -0.872. The van der Waals surface area contributed by atoms with Crippen molar-refractivity contribution in [2.75, 3.05) is 0 Å². The molecule has 0 aliphatic carbocycles. The van der Waals surface area contributed by atoms with E-state index in [-0.39, 0.29) is 0 Å². The number of aromatic amines is 1. The van der Waals surface area contributed by atoms with Crippen LogP contribution in [0.25, 0.3) is 0 Å². The van der Waals surface area contributed by atoms with Crippen LogP contribution in [-0.4, -0.2) is 16.1 Å². The molecule has 0 saturated carbocycles. The molecule has 4 nitrogen and oxygen atoms in total. The molecule has 0 saturated heterocycles. The van der Waals surface area contributed by atoms with E-state index >= 15 is 0 Å². The molecular formula is C13H15N3O. The zero-order valence-corrected chi connectivity index (χ0v) is 9.90. The van der Waals surface area contributed by atoms with Crippen molar-refractivity contribution in [2.45, 2.75) is 19.3 Å². The molecule has 0 bridgehead atoms. The highest BCUT2D eigenvalue weighted by molar-refractivity contribution is 5.89. The fourth-order valence-electron chi connectivity index (χ4n) is 1.92. The zero-order chi connectivity index (χ0) is 12.5. The highest BCUT2D eigenvalue weighted by atomic mass is 16.1. The van der Waals surface area contributed by atoms with E-state index in [4.69, 9.17) is 5.73 Å². The van der Waals surface area contributed by atoms with Gasteiger partial charge in [-0.1, -0.05) is 29.8 Å². The smallest absolute Gasteiger partial charge is 0.233 e. The summed E-state index contributed by atoms with van der Waals surface area (Å²) in [5.41, 5.74) is 7.35. The van der Waals surface area contributed by atoms with Crippen molar-refractivity contribution >= 4 is 5.91 Å². The van der Waals surface area contributed by atoms with Crippen LogP contribution in [0.4, 0.5) is 0 Å². The number of aromatic nitrogens is 2. The lowest BCUT2D eigenvalue weighted by molar-refractivity contribution is -0.121. The van der Waals surface area contributed by atoms with Crippen LogP contribution in [0.5, 0.6) is 0 Å². The molecular weight excluding hydrogens is 214 g/mol. The lowest BCUT2D eigenvalue weighted by Gasteiger charge is -2.25. The molecule has 1 unspecified atom stereocenters. The number of benzene rings is 1. The first-order valence-electron chi connectivity index (χ1n) is 5.42. The number of H-pyrrole nitrogens is 1. The summed E-state index contributed by atoms with van der Waals surface area (Å²) in [6.45, 7) is 3.79. The normalized spacial score (nSPS) is 14.2. The number of hydrogen-bond donors (Lipinski definition) is 2. The summed E-state index contributed by atoms with van der Waals surface area (Å²) in [5.74, 6) is -0.396. The molecule has 88 valence electrons. The Morgan fingerprint density at radius 2 is 2.18 bits per heavy atom. The summed E-state index contributed by atoms with van der Waals surface area (Å²) < 4.78 is 0. The molecule has 0 fully saturated rings. The Labute approximate surface area is 99.8 Å². The first-order chi connectivity index (χ1) is 8.05. The van der Waals surface area contributed by atoms with Gasteiger partial charge in [0.15, 0.2) is 0 Å². The molecule has 2 rings (SSSR count). The lowest BCUT2D eigenvalue weighted by Crippen LogP contribution is -2.40. The summed E-state index contributed by atoms with van der Waals surface area (Å²) in [6.07, 6.45) is 1.62. The Morgan fingerprint density at radius 1 is 1.41 bits per heavy atom. The van der Waals surface area contributed by atoms with Gasteiger partial charge in [0.25, 0.3) is 0 Å². The minimum absolute atomic E-state index is 0.396. The van der Waals surface area contributed by atoms with E-state index in [2.05, 4.69) is 10.2 Å². The molecule has 0 aliphatic rings. The predicted octanol–water partition coefficient (Wildman–Crippen LogP) is 1.51. The molecule has 0 aliphatic heterocycles. The van der Waals surface area contributed by atoms with E-state index in [1.165, 1.54) is 0 Å². The summed E-state index contributed by atoms with van der Waals surface area (Å²) in [4.78, 5) is 11.8. The summed E-state index contributed by atoms with van der Waals surface area (Å²) in [5, 5.41) is 6.71. The van der Waals surface area contributed by atoms with Crippen molar-refractivity contribution in [1.29, 1.82) is 0 Å². The topological polar surface area (TPSA) is 71.8 Å². The van der Waals surface area contributed by atoms with E-state index in [0.717, 1.165) is 11.1 Å². The van der Waals surface area contributed by atoms with Crippen molar-refractivity contribution in [2.24, 2.45) is 5.73 Å². The Hall–Kier alpha value is -2.10. The maximum absolute atomic E-state index is 11.8. The number of aryl methyl sites for hydroxylation is 1. The number of nitrogens with two attached hydrogens (primary N) is 1. The Balaban J connectivity index is 2.60. The second-order valence-electron chi connectivity index (χ2n) is 4.33. The Kier molecular flexibility index (Phi) is 2.71. The van der Waals surface area contributed by atoms with Gasteiger partial charge in [0.05, 0.1) is 5.69 Å². The van der Waals surface area contributed by atoms with Crippen molar-refractivity contribution in [3.8, 4) is 0 Å². The first-order valence-corrected chi connectivity index (χ1v) is 5.42. The predicted molar refractivity (Wildman–Crippen MR) is 65.4 cm³/mol. The molecule has 1 heterocycles. The summed E-state index contributed by atoms with van der Waals surface area (Å²) in [6, 6.07) is 9.54. The first kappa shape index (κ1) is 11.4. The number of rotatable bonds is 3.